The number of benzene rings is 2. The molecule has 0 saturated carbocycles. The average molecular weight is 301 g/mol. The average Bonchev–Trinajstić information content (AvgIpc) is 2.86. The monoisotopic (exact) mass is 300 g/mol. The molecule has 0 bridgehead atoms. The molecule has 1 unspecified atom stereocenters. The van der Waals surface area contributed by atoms with Crippen LogP contribution >= 0.6 is 11.6 Å². The third-order valence-electron chi connectivity index (χ3n) is 4.12. The highest BCUT2D eigenvalue weighted by Crippen LogP contribution is 2.34. The van der Waals surface area contributed by atoms with Crippen LogP contribution in [0.1, 0.15) is 22.9 Å². The highest BCUT2D eigenvalue weighted by molar-refractivity contribution is 6.31. The molecule has 1 aliphatic heterocycles. The van der Waals surface area contributed by atoms with E-state index in [1.165, 1.54) is 23.1 Å². The SMILES string of the molecule is Fc1ccc(C2NCCc3c2[nH]c2ccc(Cl)cc32)cc1. The molecule has 0 aliphatic carbocycles. The highest BCUT2D eigenvalue weighted by atomic mass is 35.5. The van der Waals surface area contributed by atoms with Crippen molar-refractivity contribution in [3.63, 3.8) is 0 Å². The van der Waals surface area contributed by atoms with Gasteiger partial charge in [-0.3, -0.25) is 0 Å². The van der Waals surface area contributed by atoms with E-state index in [-0.39, 0.29) is 11.9 Å². The van der Waals surface area contributed by atoms with Gasteiger partial charge in [-0.15, -0.1) is 0 Å². The van der Waals surface area contributed by atoms with Crippen LogP contribution in [0, 0.1) is 5.82 Å². The summed E-state index contributed by atoms with van der Waals surface area (Å²) in [7, 11) is 0. The molecule has 0 saturated heterocycles. The number of rotatable bonds is 1. The van der Waals surface area contributed by atoms with Crippen LogP contribution in [-0.2, 0) is 6.42 Å². The summed E-state index contributed by atoms with van der Waals surface area (Å²) in [5.74, 6) is -0.210. The minimum Gasteiger partial charge on any atom is -0.357 e. The van der Waals surface area contributed by atoms with E-state index in [2.05, 4.69) is 10.3 Å². The predicted molar refractivity (Wildman–Crippen MR) is 83.3 cm³/mol. The van der Waals surface area contributed by atoms with Crippen LogP contribution in [0.3, 0.4) is 0 Å². The number of aromatic nitrogens is 1. The van der Waals surface area contributed by atoms with Gasteiger partial charge in [0.25, 0.3) is 0 Å². The van der Waals surface area contributed by atoms with Crippen molar-refractivity contribution < 1.29 is 4.39 Å². The van der Waals surface area contributed by atoms with Crippen molar-refractivity contribution in [2.75, 3.05) is 6.54 Å². The van der Waals surface area contributed by atoms with Gasteiger partial charge in [0.05, 0.1) is 6.04 Å². The minimum atomic E-state index is -0.210. The molecule has 2 heterocycles. The molecule has 21 heavy (non-hydrogen) atoms. The van der Waals surface area contributed by atoms with Crippen LogP contribution in [0.2, 0.25) is 5.02 Å². The summed E-state index contributed by atoms with van der Waals surface area (Å²) in [6.45, 7) is 0.897. The Morgan fingerprint density at radius 3 is 2.71 bits per heavy atom. The van der Waals surface area contributed by atoms with E-state index < -0.39 is 0 Å². The molecule has 0 radical (unpaired) electrons. The number of hydrogen-bond acceptors (Lipinski definition) is 1. The molecule has 4 heteroatoms. The van der Waals surface area contributed by atoms with Gasteiger partial charge in [-0.25, -0.2) is 4.39 Å². The third-order valence-corrected chi connectivity index (χ3v) is 4.35. The second-order valence-electron chi connectivity index (χ2n) is 5.40. The number of halogens is 2. The Morgan fingerprint density at radius 2 is 1.90 bits per heavy atom. The Morgan fingerprint density at radius 1 is 1.10 bits per heavy atom. The summed E-state index contributed by atoms with van der Waals surface area (Å²) >= 11 is 6.12. The Balaban J connectivity index is 1.88. The minimum absolute atomic E-state index is 0.0699. The Kier molecular flexibility index (Phi) is 2.98. The second kappa shape index (κ2) is 4.86. The lowest BCUT2D eigenvalue weighted by atomic mass is 9.94. The zero-order chi connectivity index (χ0) is 14.4. The quantitative estimate of drug-likeness (QED) is 0.693. The summed E-state index contributed by atoms with van der Waals surface area (Å²) in [6.07, 6.45) is 0.966. The van der Waals surface area contributed by atoms with E-state index in [9.17, 15) is 4.39 Å². The maximum absolute atomic E-state index is 13.1. The van der Waals surface area contributed by atoms with Gasteiger partial charge in [-0.2, -0.15) is 0 Å². The molecular formula is C17H14ClFN2. The summed E-state index contributed by atoms with van der Waals surface area (Å²) in [6, 6.07) is 12.7. The fourth-order valence-electron chi connectivity index (χ4n) is 3.14. The lowest BCUT2D eigenvalue weighted by Crippen LogP contribution is -2.30. The van der Waals surface area contributed by atoms with Crippen molar-refractivity contribution in [1.29, 1.82) is 0 Å². The van der Waals surface area contributed by atoms with Gasteiger partial charge >= 0.3 is 0 Å². The number of nitrogens with one attached hydrogen (secondary N) is 2. The molecule has 1 aliphatic rings. The fourth-order valence-corrected chi connectivity index (χ4v) is 3.31. The number of aromatic amines is 1. The summed E-state index contributed by atoms with van der Waals surface area (Å²) < 4.78 is 13.1. The van der Waals surface area contributed by atoms with Crippen LogP contribution in [0.4, 0.5) is 4.39 Å². The summed E-state index contributed by atoms with van der Waals surface area (Å²) in [5, 5.41) is 5.44. The number of fused-ring (bicyclic) bond motifs is 3. The van der Waals surface area contributed by atoms with Crippen LogP contribution in [0.25, 0.3) is 10.9 Å². The van der Waals surface area contributed by atoms with Crippen LogP contribution < -0.4 is 5.32 Å². The van der Waals surface area contributed by atoms with Gasteiger partial charge < -0.3 is 10.3 Å². The summed E-state index contributed by atoms with van der Waals surface area (Å²) in [4.78, 5) is 3.49. The van der Waals surface area contributed by atoms with Crippen LogP contribution in [0.5, 0.6) is 0 Å². The maximum atomic E-state index is 13.1. The molecule has 2 N–H and O–H groups in total. The highest BCUT2D eigenvalue weighted by Gasteiger charge is 2.25. The molecule has 0 spiro atoms. The zero-order valence-electron chi connectivity index (χ0n) is 11.3. The standard InChI is InChI=1S/C17H14ClFN2/c18-11-3-6-15-14(9-11)13-7-8-20-16(17(13)21-15)10-1-4-12(19)5-2-10/h1-6,9,16,20-21H,7-8H2. The molecule has 4 rings (SSSR count). The van der Waals surface area contributed by atoms with Gasteiger partial charge in [-0.05, 0) is 47.9 Å². The zero-order valence-corrected chi connectivity index (χ0v) is 12.0. The summed E-state index contributed by atoms with van der Waals surface area (Å²) in [5.41, 5.74) is 4.63. The van der Waals surface area contributed by atoms with Crippen LogP contribution in [-0.4, -0.2) is 11.5 Å². The molecule has 0 amide bonds. The van der Waals surface area contributed by atoms with Crippen molar-refractivity contribution in [3.8, 4) is 0 Å². The molecule has 0 fully saturated rings. The predicted octanol–water partition coefficient (Wildman–Crippen LogP) is 4.20. The number of hydrogen-bond donors (Lipinski definition) is 2. The first-order valence-electron chi connectivity index (χ1n) is 7.01. The van der Waals surface area contributed by atoms with E-state index in [1.807, 2.05) is 30.3 Å². The first kappa shape index (κ1) is 12.9. The Bertz CT molecular complexity index is 808. The molecule has 1 atom stereocenters. The molecule has 1 aromatic heterocycles. The van der Waals surface area contributed by atoms with Crippen molar-refractivity contribution in [1.82, 2.24) is 10.3 Å². The largest absolute Gasteiger partial charge is 0.357 e. The van der Waals surface area contributed by atoms with E-state index in [4.69, 9.17) is 11.6 Å². The second-order valence-corrected chi connectivity index (χ2v) is 5.83. The van der Waals surface area contributed by atoms with Gasteiger partial charge in [0.15, 0.2) is 0 Å². The smallest absolute Gasteiger partial charge is 0.123 e. The third kappa shape index (κ3) is 2.13. The van der Waals surface area contributed by atoms with Gasteiger partial charge in [0.1, 0.15) is 5.82 Å². The normalized spacial score (nSPS) is 17.9. The van der Waals surface area contributed by atoms with E-state index in [0.717, 1.165) is 34.8 Å². The first-order valence-corrected chi connectivity index (χ1v) is 7.39. The molecule has 106 valence electrons. The first-order chi connectivity index (χ1) is 10.2. The van der Waals surface area contributed by atoms with Gasteiger partial charge in [0.2, 0.25) is 0 Å². The topological polar surface area (TPSA) is 27.8 Å². The van der Waals surface area contributed by atoms with Gasteiger partial charge in [0, 0.05) is 28.2 Å². The maximum Gasteiger partial charge on any atom is 0.123 e. The van der Waals surface area contributed by atoms with Crippen molar-refractivity contribution in [2.24, 2.45) is 0 Å². The molecular weight excluding hydrogens is 287 g/mol. The van der Waals surface area contributed by atoms with Crippen molar-refractivity contribution in [3.05, 3.63) is 70.1 Å². The lowest BCUT2D eigenvalue weighted by Gasteiger charge is -2.24. The van der Waals surface area contributed by atoms with E-state index >= 15 is 0 Å². The van der Waals surface area contributed by atoms with E-state index in [1.54, 1.807) is 0 Å². The van der Waals surface area contributed by atoms with Crippen molar-refractivity contribution >= 4 is 22.5 Å². The number of H-pyrrole nitrogens is 1. The van der Waals surface area contributed by atoms with E-state index in [0.29, 0.717) is 0 Å². The lowest BCUT2D eigenvalue weighted by molar-refractivity contribution is 0.558. The van der Waals surface area contributed by atoms with Crippen LogP contribution in [0.15, 0.2) is 42.5 Å². The Labute approximate surface area is 126 Å². The molecule has 2 aromatic carbocycles. The molecule has 2 nitrogen and oxygen atoms in total. The molecule has 3 aromatic rings. The van der Waals surface area contributed by atoms with Crippen molar-refractivity contribution in [2.45, 2.75) is 12.5 Å². The van der Waals surface area contributed by atoms with Gasteiger partial charge in [-0.1, -0.05) is 23.7 Å². The fraction of sp³-hybridized carbons (Fsp3) is 0.176. The Hall–Kier alpha value is -1.84.